The molecule has 1 aromatic carbocycles. The molecule has 1 aliphatic rings. The molecule has 2 aromatic heterocycles. The van der Waals surface area contributed by atoms with Crippen LogP contribution >= 0.6 is 0 Å². The normalized spacial score (nSPS) is 16.6. The van der Waals surface area contributed by atoms with Gasteiger partial charge < -0.3 is 15.0 Å². The molecule has 0 saturated heterocycles. The summed E-state index contributed by atoms with van der Waals surface area (Å²) in [6.07, 6.45) is 0.641. The van der Waals surface area contributed by atoms with Crippen LogP contribution in [-0.4, -0.2) is 36.6 Å². The molecule has 1 aliphatic heterocycles. The van der Waals surface area contributed by atoms with Crippen LogP contribution < -0.4 is 11.2 Å². The van der Waals surface area contributed by atoms with Crippen molar-refractivity contribution in [3.05, 3.63) is 61.9 Å². The van der Waals surface area contributed by atoms with Crippen molar-refractivity contribution in [2.24, 2.45) is 14.1 Å². The lowest BCUT2D eigenvalue weighted by Crippen LogP contribution is -2.45. The van der Waals surface area contributed by atoms with Crippen LogP contribution in [0.4, 0.5) is 0 Å². The number of H-pyrrole nitrogens is 1. The Hall–Kier alpha value is -3.29. The second kappa shape index (κ2) is 5.87. The van der Waals surface area contributed by atoms with Crippen molar-refractivity contribution in [1.29, 1.82) is 0 Å². The molecule has 27 heavy (non-hydrogen) atoms. The van der Waals surface area contributed by atoms with Gasteiger partial charge in [0.15, 0.2) is 0 Å². The van der Waals surface area contributed by atoms with Gasteiger partial charge in [0.25, 0.3) is 5.56 Å². The second-order valence-corrected chi connectivity index (χ2v) is 6.87. The number of rotatable bonds is 1. The highest BCUT2D eigenvalue weighted by molar-refractivity contribution is 5.86. The highest BCUT2D eigenvalue weighted by atomic mass is 16.3. The lowest BCUT2D eigenvalue weighted by Gasteiger charge is -2.35. The number of aromatic amines is 1. The summed E-state index contributed by atoms with van der Waals surface area (Å²) >= 11 is 0. The number of nitrogens with one attached hydrogen (secondary N) is 1. The summed E-state index contributed by atoms with van der Waals surface area (Å²) < 4.78 is 1.97. The van der Waals surface area contributed by atoms with E-state index in [2.05, 4.69) is 4.98 Å². The number of aromatic hydroxyl groups is 1. The predicted octanol–water partition coefficient (Wildman–Crippen LogP) is 0.765. The van der Waals surface area contributed by atoms with E-state index in [-0.39, 0.29) is 11.5 Å². The summed E-state index contributed by atoms with van der Waals surface area (Å²) in [6, 6.07) is 6.98. The average molecular weight is 368 g/mol. The molecule has 0 radical (unpaired) electrons. The van der Waals surface area contributed by atoms with Crippen LogP contribution in [-0.2, 0) is 25.3 Å². The quantitative estimate of drug-likeness (QED) is 0.662. The average Bonchev–Trinajstić information content (AvgIpc) is 3.04. The Kier molecular flexibility index (Phi) is 3.73. The van der Waals surface area contributed by atoms with Crippen LogP contribution in [0.3, 0.4) is 0 Å². The first-order valence-corrected chi connectivity index (χ1v) is 8.68. The van der Waals surface area contributed by atoms with Gasteiger partial charge in [0.1, 0.15) is 11.6 Å². The summed E-state index contributed by atoms with van der Waals surface area (Å²) in [5.41, 5.74) is 1.40. The van der Waals surface area contributed by atoms with E-state index in [1.165, 1.54) is 21.0 Å². The summed E-state index contributed by atoms with van der Waals surface area (Å²) in [6.45, 7) is 1.85. The van der Waals surface area contributed by atoms with E-state index in [1.54, 1.807) is 4.90 Å². The maximum Gasteiger partial charge on any atom is 0.333 e. The number of hydrogen-bond donors (Lipinski definition) is 2. The van der Waals surface area contributed by atoms with Crippen molar-refractivity contribution >= 4 is 16.8 Å². The van der Waals surface area contributed by atoms with Crippen LogP contribution in [0.2, 0.25) is 0 Å². The third-order valence-corrected chi connectivity index (χ3v) is 5.38. The highest BCUT2D eigenvalue weighted by Crippen LogP contribution is 2.39. The van der Waals surface area contributed by atoms with E-state index >= 15 is 0 Å². The molecule has 0 saturated carbocycles. The number of carbonyl (C=O) groups is 1. The van der Waals surface area contributed by atoms with Crippen molar-refractivity contribution in [3.63, 3.8) is 0 Å². The van der Waals surface area contributed by atoms with Gasteiger partial charge in [0.2, 0.25) is 11.8 Å². The lowest BCUT2D eigenvalue weighted by atomic mass is 9.93. The lowest BCUT2D eigenvalue weighted by molar-refractivity contribution is -0.131. The minimum Gasteiger partial charge on any atom is -0.494 e. The predicted molar refractivity (Wildman–Crippen MR) is 99.8 cm³/mol. The number of benzene rings is 1. The number of carbonyl (C=O) groups excluding carboxylic acids is 1. The molecule has 0 bridgehead atoms. The number of para-hydroxylation sites is 1. The fourth-order valence-electron chi connectivity index (χ4n) is 3.98. The fraction of sp³-hybridized carbons (Fsp3) is 0.316. The first-order chi connectivity index (χ1) is 12.8. The molecule has 1 amide bonds. The van der Waals surface area contributed by atoms with Gasteiger partial charge in [-0.3, -0.25) is 18.7 Å². The Morgan fingerprint density at radius 2 is 1.89 bits per heavy atom. The van der Waals surface area contributed by atoms with Gasteiger partial charge >= 0.3 is 5.69 Å². The monoisotopic (exact) mass is 368 g/mol. The van der Waals surface area contributed by atoms with Crippen molar-refractivity contribution < 1.29 is 9.90 Å². The summed E-state index contributed by atoms with van der Waals surface area (Å²) in [4.78, 5) is 42.2. The van der Waals surface area contributed by atoms with Crippen LogP contribution in [0, 0.1) is 0 Å². The van der Waals surface area contributed by atoms with Gasteiger partial charge in [-0.2, -0.15) is 0 Å². The zero-order valence-corrected chi connectivity index (χ0v) is 15.3. The van der Waals surface area contributed by atoms with E-state index in [4.69, 9.17) is 0 Å². The minimum absolute atomic E-state index is 0.0160. The Balaban J connectivity index is 2.08. The van der Waals surface area contributed by atoms with E-state index in [0.29, 0.717) is 18.7 Å². The third-order valence-electron chi connectivity index (χ3n) is 5.38. The molecule has 8 heteroatoms. The van der Waals surface area contributed by atoms with Gasteiger partial charge in [0, 0.05) is 44.2 Å². The Morgan fingerprint density at radius 3 is 2.59 bits per heavy atom. The fourth-order valence-corrected chi connectivity index (χ4v) is 3.98. The van der Waals surface area contributed by atoms with E-state index in [1.807, 2.05) is 24.3 Å². The van der Waals surface area contributed by atoms with Crippen molar-refractivity contribution in [1.82, 2.24) is 19.0 Å². The zero-order valence-electron chi connectivity index (χ0n) is 15.3. The first kappa shape index (κ1) is 17.1. The molecule has 0 fully saturated rings. The molecule has 140 valence electrons. The molecule has 1 atom stereocenters. The van der Waals surface area contributed by atoms with Gasteiger partial charge in [-0.15, -0.1) is 0 Å². The van der Waals surface area contributed by atoms with Crippen LogP contribution in [0.15, 0.2) is 33.9 Å². The first-order valence-electron chi connectivity index (χ1n) is 8.68. The molecule has 2 N–H and O–H groups in total. The minimum atomic E-state index is -0.788. The van der Waals surface area contributed by atoms with Crippen molar-refractivity contribution in [2.75, 3.05) is 6.54 Å². The van der Waals surface area contributed by atoms with E-state index in [0.717, 1.165) is 25.6 Å². The molecule has 3 heterocycles. The second-order valence-electron chi connectivity index (χ2n) is 6.87. The molecular formula is C19H20N4O4. The molecule has 0 spiro atoms. The van der Waals surface area contributed by atoms with Gasteiger partial charge in [-0.05, 0) is 18.1 Å². The van der Waals surface area contributed by atoms with Crippen molar-refractivity contribution in [2.45, 2.75) is 19.4 Å². The van der Waals surface area contributed by atoms with Gasteiger partial charge in [-0.25, -0.2) is 4.79 Å². The number of nitrogens with zero attached hydrogens (tertiary/aromatic N) is 3. The summed E-state index contributed by atoms with van der Waals surface area (Å²) in [5.74, 6) is -0.634. The van der Waals surface area contributed by atoms with E-state index in [9.17, 15) is 19.5 Å². The maximum atomic E-state index is 12.9. The third kappa shape index (κ3) is 2.33. The van der Waals surface area contributed by atoms with Gasteiger partial charge in [-0.1, -0.05) is 18.2 Å². The number of fused-ring (bicyclic) bond motifs is 3. The molecule has 3 aromatic rings. The van der Waals surface area contributed by atoms with Crippen LogP contribution in [0.25, 0.3) is 10.9 Å². The number of amides is 1. The van der Waals surface area contributed by atoms with Gasteiger partial charge in [0.05, 0.1) is 0 Å². The smallest absolute Gasteiger partial charge is 0.333 e. The molecule has 0 aliphatic carbocycles. The maximum absolute atomic E-state index is 12.9. The van der Waals surface area contributed by atoms with E-state index < -0.39 is 23.2 Å². The number of hydrogen-bond acceptors (Lipinski definition) is 4. The van der Waals surface area contributed by atoms with Crippen molar-refractivity contribution in [3.8, 4) is 5.88 Å². The summed E-state index contributed by atoms with van der Waals surface area (Å²) in [7, 11) is 2.76. The Labute approximate surface area is 154 Å². The molecule has 8 nitrogen and oxygen atoms in total. The zero-order chi connectivity index (χ0) is 19.5. The largest absolute Gasteiger partial charge is 0.494 e. The molecule has 1 unspecified atom stereocenters. The topological polar surface area (TPSA) is 100 Å². The molecular weight excluding hydrogens is 348 g/mol. The Bertz CT molecular complexity index is 1200. The SMILES string of the molecule is CC(=O)N1CCc2c([nH]c3ccccc23)C1c1c(O)n(C)c(=O)n(C)c1=O. The summed E-state index contributed by atoms with van der Waals surface area (Å²) in [5, 5.41) is 11.7. The number of aromatic nitrogens is 3. The molecule has 4 rings (SSSR count). The van der Waals surface area contributed by atoms with Crippen LogP contribution in [0.1, 0.15) is 29.8 Å². The standard InChI is InChI=1S/C19H20N4O4/c1-10(24)23-9-8-12-11-6-4-5-7-13(11)20-15(12)16(23)14-17(25)21(2)19(27)22(3)18(14)26/h4-7,16,20,25H,8-9H2,1-3H3. The highest BCUT2D eigenvalue weighted by Gasteiger charge is 2.37. The Morgan fingerprint density at radius 1 is 1.19 bits per heavy atom. The van der Waals surface area contributed by atoms with Crippen LogP contribution in [0.5, 0.6) is 5.88 Å².